The van der Waals surface area contributed by atoms with E-state index < -0.39 is 0 Å². The Morgan fingerprint density at radius 3 is 2.84 bits per heavy atom. The van der Waals surface area contributed by atoms with Gasteiger partial charge in [-0.3, -0.25) is 0 Å². The summed E-state index contributed by atoms with van der Waals surface area (Å²) in [4.78, 5) is 11.4. The molecule has 0 aliphatic heterocycles. The number of fused-ring (bicyclic) bond motifs is 1. The Labute approximate surface area is 117 Å². The maximum absolute atomic E-state index is 6.10. The number of aryl methyl sites for hydroxylation is 1. The number of rotatable bonds is 4. The van der Waals surface area contributed by atoms with Crippen molar-refractivity contribution in [1.29, 1.82) is 0 Å². The zero-order valence-electron chi connectivity index (χ0n) is 11.4. The molecule has 0 atom stereocenters. The monoisotopic (exact) mass is 277 g/mol. The third kappa shape index (κ3) is 2.52. The van der Waals surface area contributed by atoms with E-state index in [-0.39, 0.29) is 0 Å². The van der Waals surface area contributed by atoms with Crippen LogP contribution in [0.4, 0.5) is 5.95 Å². The Morgan fingerprint density at radius 1 is 1.37 bits per heavy atom. The molecule has 0 amide bonds. The van der Waals surface area contributed by atoms with Crippen LogP contribution in [0.5, 0.6) is 5.88 Å². The molecule has 102 valence electrons. The molecule has 1 aliphatic carbocycles. The molecule has 1 aliphatic rings. The average molecular weight is 277 g/mol. The van der Waals surface area contributed by atoms with Gasteiger partial charge in [0.25, 0.3) is 0 Å². The largest absolute Gasteiger partial charge is 0.474 e. The minimum atomic E-state index is 0.327. The molecule has 0 spiro atoms. The molecule has 0 saturated heterocycles. The van der Waals surface area contributed by atoms with Crippen LogP contribution >= 0.6 is 11.3 Å². The Balaban J connectivity index is 2.01. The van der Waals surface area contributed by atoms with E-state index in [0.29, 0.717) is 12.1 Å². The van der Waals surface area contributed by atoms with Crippen LogP contribution in [-0.4, -0.2) is 23.1 Å². The van der Waals surface area contributed by atoms with Crippen LogP contribution in [0.1, 0.15) is 37.5 Å². The van der Waals surface area contributed by atoms with E-state index in [1.54, 1.807) is 11.3 Å². The van der Waals surface area contributed by atoms with Gasteiger partial charge in [0.05, 0.1) is 5.39 Å². The number of thiophene rings is 1. The molecular formula is C14H19N3OS. The second-order valence-corrected chi connectivity index (χ2v) is 6.03. The summed E-state index contributed by atoms with van der Waals surface area (Å²) in [5, 5.41) is 4.08. The first-order valence-corrected chi connectivity index (χ1v) is 7.76. The maximum Gasteiger partial charge on any atom is 0.227 e. The van der Waals surface area contributed by atoms with Crippen molar-refractivity contribution in [2.24, 2.45) is 0 Å². The van der Waals surface area contributed by atoms with Gasteiger partial charge in [0.2, 0.25) is 11.8 Å². The van der Waals surface area contributed by atoms with Gasteiger partial charge in [-0.25, -0.2) is 4.98 Å². The first-order valence-electron chi connectivity index (χ1n) is 6.95. The molecule has 0 unspecified atom stereocenters. The highest BCUT2D eigenvalue weighted by molar-refractivity contribution is 7.18. The molecule has 2 aromatic heterocycles. The van der Waals surface area contributed by atoms with Crippen molar-refractivity contribution >= 4 is 27.5 Å². The number of nitrogens with one attached hydrogen (secondary N) is 1. The fraction of sp³-hybridized carbons (Fsp3) is 0.571. The molecule has 19 heavy (non-hydrogen) atoms. The number of nitrogens with zero attached hydrogens (tertiary/aromatic N) is 2. The zero-order chi connectivity index (χ0) is 13.2. The summed E-state index contributed by atoms with van der Waals surface area (Å²) >= 11 is 1.73. The van der Waals surface area contributed by atoms with Crippen molar-refractivity contribution in [3.8, 4) is 5.88 Å². The average Bonchev–Trinajstić information content (AvgIpc) is 3.06. The standard InChI is InChI=1S/C14H19N3OS/c1-3-10-8-11-12(18-9-6-4-5-7-9)16-14(15-2)17-13(11)19-10/h8-9H,3-7H2,1-2H3,(H,15,16,17). The van der Waals surface area contributed by atoms with E-state index in [0.717, 1.165) is 35.4 Å². The molecule has 2 aromatic rings. The molecule has 4 nitrogen and oxygen atoms in total. The fourth-order valence-corrected chi connectivity index (χ4v) is 3.44. The van der Waals surface area contributed by atoms with Gasteiger partial charge >= 0.3 is 0 Å². The van der Waals surface area contributed by atoms with Crippen molar-refractivity contribution in [1.82, 2.24) is 9.97 Å². The van der Waals surface area contributed by atoms with E-state index in [1.807, 2.05) is 7.05 Å². The lowest BCUT2D eigenvalue weighted by Crippen LogP contribution is -2.12. The van der Waals surface area contributed by atoms with Crippen LogP contribution in [0, 0.1) is 0 Å². The highest BCUT2D eigenvalue weighted by Crippen LogP contribution is 2.33. The smallest absolute Gasteiger partial charge is 0.227 e. The van der Waals surface area contributed by atoms with Crippen LogP contribution < -0.4 is 10.1 Å². The van der Waals surface area contributed by atoms with Crippen molar-refractivity contribution in [3.05, 3.63) is 10.9 Å². The zero-order valence-corrected chi connectivity index (χ0v) is 12.2. The lowest BCUT2D eigenvalue weighted by molar-refractivity contribution is 0.204. The summed E-state index contributed by atoms with van der Waals surface area (Å²) in [5.41, 5.74) is 0. The summed E-state index contributed by atoms with van der Waals surface area (Å²) in [6.07, 6.45) is 6.17. The molecule has 0 aromatic carbocycles. The molecule has 5 heteroatoms. The molecule has 1 N–H and O–H groups in total. The van der Waals surface area contributed by atoms with Gasteiger partial charge in [-0.2, -0.15) is 4.98 Å². The molecule has 0 bridgehead atoms. The van der Waals surface area contributed by atoms with Crippen LogP contribution in [-0.2, 0) is 6.42 Å². The van der Waals surface area contributed by atoms with E-state index in [4.69, 9.17) is 4.74 Å². The quantitative estimate of drug-likeness (QED) is 0.927. The summed E-state index contributed by atoms with van der Waals surface area (Å²) in [6, 6.07) is 2.17. The summed E-state index contributed by atoms with van der Waals surface area (Å²) in [6.45, 7) is 2.16. The third-order valence-corrected chi connectivity index (χ3v) is 4.73. The minimum Gasteiger partial charge on any atom is -0.474 e. The van der Waals surface area contributed by atoms with Gasteiger partial charge in [-0.15, -0.1) is 11.3 Å². The van der Waals surface area contributed by atoms with Crippen LogP contribution in [0.3, 0.4) is 0 Å². The van der Waals surface area contributed by atoms with Gasteiger partial charge in [-0.1, -0.05) is 6.92 Å². The second-order valence-electron chi connectivity index (χ2n) is 4.91. The molecule has 0 radical (unpaired) electrons. The lowest BCUT2D eigenvalue weighted by atomic mass is 10.3. The summed E-state index contributed by atoms with van der Waals surface area (Å²) in [5.74, 6) is 1.39. The van der Waals surface area contributed by atoms with Crippen LogP contribution in [0.15, 0.2) is 6.07 Å². The Hall–Kier alpha value is -1.36. The van der Waals surface area contributed by atoms with E-state index in [9.17, 15) is 0 Å². The molecule has 1 fully saturated rings. The molecule has 1 saturated carbocycles. The van der Waals surface area contributed by atoms with E-state index in [2.05, 4.69) is 28.3 Å². The third-order valence-electron chi connectivity index (χ3n) is 3.56. The van der Waals surface area contributed by atoms with Crippen molar-refractivity contribution in [2.45, 2.75) is 45.1 Å². The first kappa shape index (κ1) is 12.7. The van der Waals surface area contributed by atoms with E-state index in [1.165, 1.54) is 17.7 Å². The van der Waals surface area contributed by atoms with Gasteiger partial charge in [-0.05, 0) is 38.2 Å². The second kappa shape index (κ2) is 5.33. The Bertz CT molecular complexity index is 575. The van der Waals surface area contributed by atoms with Gasteiger partial charge in [0.1, 0.15) is 10.9 Å². The summed E-state index contributed by atoms with van der Waals surface area (Å²) < 4.78 is 6.10. The number of aromatic nitrogens is 2. The minimum absolute atomic E-state index is 0.327. The normalized spacial score (nSPS) is 16.1. The van der Waals surface area contributed by atoms with E-state index >= 15 is 0 Å². The SMILES string of the molecule is CCc1cc2c(OC3CCCC3)nc(NC)nc2s1. The Kier molecular flexibility index (Phi) is 3.55. The van der Waals surface area contributed by atoms with Gasteiger partial charge in [0.15, 0.2) is 0 Å². The maximum atomic E-state index is 6.10. The van der Waals surface area contributed by atoms with Crippen molar-refractivity contribution < 1.29 is 4.74 Å². The van der Waals surface area contributed by atoms with Crippen molar-refractivity contribution in [2.75, 3.05) is 12.4 Å². The fourth-order valence-electron chi connectivity index (χ4n) is 2.49. The Morgan fingerprint density at radius 2 is 2.16 bits per heavy atom. The molecule has 2 heterocycles. The predicted molar refractivity (Wildman–Crippen MR) is 79.2 cm³/mol. The van der Waals surface area contributed by atoms with Gasteiger partial charge < -0.3 is 10.1 Å². The van der Waals surface area contributed by atoms with Crippen molar-refractivity contribution in [3.63, 3.8) is 0 Å². The summed E-state index contributed by atoms with van der Waals surface area (Å²) in [7, 11) is 1.84. The molecule has 3 rings (SSSR count). The number of hydrogen-bond donors (Lipinski definition) is 1. The number of ether oxygens (including phenoxy) is 1. The van der Waals surface area contributed by atoms with Crippen LogP contribution in [0.2, 0.25) is 0 Å². The number of anilines is 1. The highest BCUT2D eigenvalue weighted by Gasteiger charge is 2.20. The lowest BCUT2D eigenvalue weighted by Gasteiger charge is -2.13. The first-order chi connectivity index (χ1) is 9.30. The highest BCUT2D eigenvalue weighted by atomic mass is 32.1. The van der Waals surface area contributed by atoms with Crippen LogP contribution in [0.25, 0.3) is 10.2 Å². The topological polar surface area (TPSA) is 47.0 Å². The number of hydrogen-bond acceptors (Lipinski definition) is 5. The van der Waals surface area contributed by atoms with Gasteiger partial charge in [0, 0.05) is 11.9 Å². The predicted octanol–water partition coefficient (Wildman–Crippen LogP) is 3.62. The molecular weight excluding hydrogens is 258 g/mol.